The number of nitrogens with zero attached hydrogens (tertiary/aromatic N) is 2. The normalized spacial score (nSPS) is 12.6. The lowest BCUT2D eigenvalue weighted by atomic mass is 10.0. The van der Waals surface area contributed by atoms with Gasteiger partial charge in [0.15, 0.2) is 0 Å². The Balaban J connectivity index is 1.82. The van der Waals surface area contributed by atoms with Crippen LogP contribution in [0.3, 0.4) is 0 Å². The van der Waals surface area contributed by atoms with Gasteiger partial charge in [-0.05, 0) is 55.5 Å². The summed E-state index contributed by atoms with van der Waals surface area (Å²) in [6.45, 7) is 11.8. The topological polar surface area (TPSA) is 29.9 Å². The number of imidazole rings is 1. The first-order valence-electron chi connectivity index (χ1n) is 7.29. The van der Waals surface area contributed by atoms with Crippen LogP contribution in [0.4, 0.5) is 0 Å². The molecule has 0 bridgehead atoms. The van der Waals surface area contributed by atoms with E-state index in [1.807, 2.05) is 18.7 Å². The molecule has 1 atom stereocenters. The summed E-state index contributed by atoms with van der Waals surface area (Å²) in [5.74, 6) is 0.594. The van der Waals surface area contributed by atoms with Crippen molar-refractivity contribution in [2.75, 3.05) is 6.54 Å². The van der Waals surface area contributed by atoms with E-state index in [1.54, 1.807) is 0 Å². The van der Waals surface area contributed by atoms with Crippen molar-refractivity contribution in [1.82, 2.24) is 14.9 Å². The summed E-state index contributed by atoms with van der Waals surface area (Å²) in [4.78, 5) is 4.08. The van der Waals surface area contributed by atoms with Crippen molar-refractivity contribution >= 4 is 0 Å². The van der Waals surface area contributed by atoms with Crippen LogP contribution < -0.4 is 5.32 Å². The van der Waals surface area contributed by atoms with E-state index in [-0.39, 0.29) is 0 Å². The number of aryl methyl sites for hydroxylation is 3. The summed E-state index contributed by atoms with van der Waals surface area (Å²) < 4.78 is 2.13. The maximum Gasteiger partial charge on any atom is 0.0946 e. The molecule has 2 rings (SSSR count). The Morgan fingerprint density at radius 3 is 2.60 bits per heavy atom. The fourth-order valence-corrected chi connectivity index (χ4v) is 2.48. The van der Waals surface area contributed by atoms with E-state index in [4.69, 9.17) is 0 Å². The third-order valence-corrected chi connectivity index (χ3v) is 3.84. The molecule has 3 heteroatoms. The maximum absolute atomic E-state index is 4.08. The van der Waals surface area contributed by atoms with Gasteiger partial charge in [0.25, 0.3) is 0 Å². The predicted molar refractivity (Wildman–Crippen MR) is 83.8 cm³/mol. The zero-order valence-corrected chi connectivity index (χ0v) is 13.0. The molecule has 1 heterocycles. The van der Waals surface area contributed by atoms with Crippen molar-refractivity contribution < 1.29 is 0 Å². The van der Waals surface area contributed by atoms with Gasteiger partial charge in [-0.2, -0.15) is 0 Å². The molecule has 20 heavy (non-hydrogen) atoms. The number of nitrogens with one attached hydrogen (secondary N) is 1. The van der Waals surface area contributed by atoms with Gasteiger partial charge in [0.2, 0.25) is 0 Å². The van der Waals surface area contributed by atoms with Crippen LogP contribution in [-0.2, 0) is 13.1 Å². The number of hydrogen-bond acceptors (Lipinski definition) is 2. The maximum atomic E-state index is 4.08. The highest BCUT2D eigenvalue weighted by Gasteiger charge is 2.05. The fraction of sp³-hybridized carbons (Fsp3) is 0.471. The van der Waals surface area contributed by atoms with Crippen molar-refractivity contribution in [3.05, 3.63) is 53.1 Å². The monoisotopic (exact) mass is 271 g/mol. The summed E-state index contributed by atoms with van der Waals surface area (Å²) in [6.07, 6.45) is 5.73. The van der Waals surface area contributed by atoms with E-state index in [2.05, 4.69) is 54.7 Å². The van der Waals surface area contributed by atoms with Crippen molar-refractivity contribution in [2.24, 2.45) is 5.92 Å². The average molecular weight is 271 g/mol. The van der Waals surface area contributed by atoms with Crippen LogP contribution in [0.5, 0.6) is 0 Å². The fourth-order valence-electron chi connectivity index (χ4n) is 2.48. The van der Waals surface area contributed by atoms with Crippen LogP contribution in [0, 0.1) is 26.7 Å². The van der Waals surface area contributed by atoms with Crippen molar-refractivity contribution in [3.63, 3.8) is 0 Å². The Kier molecular flexibility index (Phi) is 4.96. The minimum absolute atomic E-state index is 0.594. The molecular formula is C17H25N3. The Morgan fingerprint density at radius 1 is 1.15 bits per heavy atom. The van der Waals surface area contributed by atoms with Gasteiger partial charge in [-0.3, -0.25) is 0 Å². The Morgan fingerprint density at radius 2 is 1.90 bits per heavy atom. The van der Waals surface area contributed by atoms with Gasteiger partial charge in [-0.25, -0.2) is 4.98 Å². The summed E-state index contributed by atoms with van der Waals surface area (Å²) in [6, 6.07) is 4.58. The largest absolute Gasteiger partial charge is 0.337 e. The van der Waals surface area contributed by atoms with Gasteiger partial charge >= 0.3 is 0 Å². The van der Waals surface area contributed by atoms with Crippen molar-refractivity contribution in [1.29, 1.82) is 0 Å². The van der Waals surface area contributed by atoms with Gasteiger partial charge < -0.3 is 9.88 Å². The average Bonchev–Trinajstić information content (AvgIpc) is 2.88. The predicted octanol–water partition coefficient (Wildman–Crippen LogP) is 3.23. The van der Waals surface area contributed by atoms with Gasteiger partial charge in [0.1, 0.15) is 0 Å². The van der Waals surface area contributed by atoms with Crippen LogP contribution in [0.1, 0.15) is 29.2 Å². The number of aromatic nitrogens is 2. The van der Waals surface area contributed by atoms with E-state index in [9.17, 15) is 0 Å². The Hall–Kier alpha value is -1.61. The smallest absolute Gasteiger partial charge is 0.0946 e. The van der Waals surface area contributed by atoms with Gasteiger partial charge in [0, 0.05) is 25.5 Å². The molecular weight excluding hydrogens is 246 g/mol. The van der Waals surface area contributed by atoms with Crippen LogP contribution in [-0.4, -0.2) is 16.1 Å². The van der Waals surface area contributed by atoms with E-state index < -0.39 is 0 Å². The molecule has 0 saturated heterocycles. The third kappa shape index (κ3) is 3.94. The molecule has 0 saturated carbocycles. The second-order valence-electron chi connectivity index (χ2n) is 5.86. The number of rotatable bonds is 6. The van der Waals surface area contributed by atoms with Crippen LogP contribution in [0.2, 0.25) is 0 Å². The SMILES string of the molecule is Cc1cc(C)c(CNCC(C)Cn2ccnc2)cc1C. The molecule has 1 aromatic carbocycles. The minimum Gasteiger partial charge on any atom is -0.337 e. The number of benzene rings is 1. The first-order chi connectivity index (χ1) is 9.56. The van der Waals surface area contributed by atoms with Crippen molar-refractivity contribution in [3.8, 4) is 0 Å². The highest BCUT2D eigenvalue weighted by molar-refractivity contribution is 5.36. The van der Waals surface area contributed by atoms with Gasteiger partial charge in [-0.15, -0.1) is 0 Å². The highest BCUT2D eigenvalue weighted by Crippen LogP contribution is 2.15. The molecule has 0 amide bonds. The van der Waals surface area contributed by atoms with E-state index in [0.717, 1.165) is 19.6 Å². The lowest BCUT2D eigenvalue weighted by molar-refractivity contribution is 0.444. The first-order valence-corrected chi connectivity index (χ1v) is 7.29. The molecule has 1 N–H and O–H groups in total. The summed E-state index contributed by atoms with van der Waals surface area (Å²) in [5, 5.41) is 3.57. The van der Waals surface area contributed by atoms with E-state index in [0.29, 0.717) is 5.92 Å². The molecule has 0 spiro atoms. The summed E-state index contributed by atoms with van der Waals surface area (Å²) in [5.41, 5.74) is 5.53. The number of hydrogen-bond donors (Lipinski definition) is 1. The minimum atomic E-state index is 0.594. The standard InChI is InChI=1S/C17H25N3/c1-13(11-20-6-5-18-12-20)9-19-10-17-8-15(3)14(2)7-16(17)4/h5-8,12-13,19H,9-11H2,1-4H3. The quantitative estimate of drug-likeness (QED) is 0.874. The second kappa shape index (κ2) is 6.71. The van der Waals surface area contributed by atoms with Crippen molar-refractivity contribution in [2.45, 2.75) is 40.8 Å². The second-order valence-corrected chi connectivity index (χ2v) is 5.86. The zero-order valence-electron chi connectivity index (χ0n) is 13.0. The molecule has 0 aliphatic heterocycles. The molecule has 1 unspecified atom stereocenters. The molecule has 0 aliphatic rings. The third-order valence-electron chi connectivity index (χ3n) is 3.84. The van der Waals surface area contributed by atoms with E-state index >= 15 is 0 Å². The molecule has 3 nitrogen and oxygen atoms in total. The summed E-state index contributed by atoms with van der Waals surface area (Å²) >= 11 is 0. The van der Waals surface area contributed by atoms with Crippen LogP contribution >= 0.6 is 0 Å². The molecule has 1 aromatic heterocycles. The highest BCUT2D eigenvalue weighted by atomic mass is 15.0. The Bertz CT molecular complexity index is 544. The van der Waals surface area contributed by atoms with Gasteiger partial charge in [-0.1, -0.05) is 19.1 Å². The molecule has 2 aromatic rings. The lowest BCUT2D eigenvalue weighted by Crippen LogP contribution is -2.24. The van der Waals surface area contributed by atoms with Crippen LogP contribution in [0.25, 0.3) is 0 Å². The first kappa shape index (κ1) is 14.8. The van der Waals surface area contributed by atoms with E-state index in [1.165, 1.54) is 22.3 Å². The molecule has 0 aliphatic carbocycles. The molecule has 108 valence electrons. The van der Waals surface area contributed by atoms with Crippen LogP contribution in [0.15, 0.2) is 30.9 Å². The summed E-state index contributed by atoms with van der Waals surface area (Å²) in [7, 11) is 0. The Labute approximate surface area is 122 Å². The van der Waals surface area contributed by atoms with Gasteiger partial charge in [0.05, 0.1) is 6.33 Å². The molecule has 0 fully saturated rings. The lowest BCUT2D eigenvalue weighted by Gasteiger charge is -2.15. The zero-order chi connectivity index (χ0) is 14.5. The molecule has 0 radical (unpaired) electrons.